The Bertz CT molecular complexity index is 896. The molecule has 136 valence electrons. The zero-order valence-electron chi connectivity index (χ0n) is 14.8. The summed E-state index contributed by atoms with van der Waals surface area (Å²) in [6.07, 6.45) is 3.59. The van der Waals surface area contributed by atoms with Gasteiger partial charge in [0.15, 0.2) is 0 Å². The summed E-state index contributed by atoms with van der Waals surface area (Å²) in [5.41, 5.74) is 2.67. The molecule has 4 rings (SSSR count). The van der Waals surface area contributed by atoms with Gasteiger partial charge in [-0.25, -0.2) is 0 Å². The molecule has 1 aromatic heterocycles. The number of hydrogen-bond acceptors (Lipinski definition) is 3. The summed E-state index contributed by atoms with van der Waals surface area (Å²) < 4.78 is 6.73. The standard InChI is InChI=1S/C21H23IN2O2/c1-26-19-4-2-3-18-20(19)15(13-23-18)14-24-11-9-21(25,10-12-24)16-5-7-17(22)8-6-16/h2-8,13,23,25H,9-12,14H2,1H3. The van der Waals surface area contributed by atoms with Crippen LogP contribution in [0, 0.1) is 3.57 Å². The zero-order valence-corrected chi connectivity index (χ0v) is 17.0. The fourth-order valence-electron chi connectivity index (χ4n) is 3.89. The first-order valence-corrected chi connectivity index (χ1v) is 10.0. The first-order chi connectivity index (χ1) is 12.6. The lowest BCUT2D eigenvalue weighted by Crippen LogP contribution is -2.42. The lowest BCUT2D eigenvalue weighted by atomic mass is 9.84. The predicted molar refractivity (Wildman–Crippen MR) is 112 cm³/mol. The Labute approximate surface area is 167 Å². The van der Waals surface area contributed by atoms with Crippen LogP contribution in [0.5, 0.6) is 5.75 Å². The number of benzene rings is 2. The number of nitrogens with zero attached hydrogens (tertiary/aromatic N) is 1. The smallest absolute Gasteiger partial charge is 0.128 e. The highest BCUT2D eigenvalue weighted by Gasteiger charge is 2.34. The molecule has 5 heteroatoms. The van der Waals surface area contributed by atoms with Crippen LogP contribution >= 0.6 is 22.6 Å². The normalized spacial score (nSPS) is 17.5. The van der Waals surface area contributed by atoms with Crippen LogP contribution in [0.15, 0.2) is 48.7 Å². The molecule has 1 aliphatic rings. The van der Waals surface area contributed by atoms with Crippen molar-refractivity contribution in [3.63, 3.8) is 0 Å². The number of piperidine rings is 1. The number of halogens is 1. The first kappa shape index (κ1) is 17.8. The minimum absolute atomic E-state index is 0.710. The topological polar surface area (TPSA) is 48.5 Å². The van der Waals surface area contributed by atoms with E-state index in [1.165, 1.54) is 9.13 Å². The number of aromatic amines is 1. The number of hydrogen-bond donors (Lipinski definition) is 2. The molecule has 0 aliphatic carbocycles. The molecule has 0 atom stereocenters. The summed E-state index contributed by atoms with van der Waals surface area (Å²) in [7, 11) is 1.72. The summed E-state index contributed by atoms with van der Waals surface area (Å²) in [4.78, 5) is 5.76. The molecule has 4 nitrogen and oxygen atoms in total. The molecule has 2 aromatic carbocycles. The van der Waals surface area contributed by atoms with Gasteiger partial charge in [-0.05, 0) is 70.8 Å². The molecule has 1 saturated heterocycles. The van der Waals surface area contributed by atoms with Crippen LogP contribution in [-0.4, -0.2) is 35.2 Å². The Balaban J connectivity index is 1.48. The van der Waals surface area contributed by atoms with E-state index in [4.69, 9.17) is 4.74 Å². The van der Waals surface area contributed by atoms with E-state index in [-0.39, 0.29) is 0 Å². The zero-order chi connectivity index (χ0) is 18.1. The largest absolute Gasteiger partial charge is 0.496 e. The maximum atomic E-state index is 11.1. The molecule has 3 aromatic rings. The van der Waals surface area contributed by atoms with Gasteiger partial charge in [-0.2, -0.15) is 0 Å². The van der Waals surface area contributed by atoms with Crippen LogP contribution in [0.1, 0.15) is 24.0 Å². The van der Waals surface area contributed by atoms with Crippen molar-refractivity contribution in [3.05, 3.63) is 63.4 Å². The van der Waals surface area contributed by atoms with E-state index in [0.29, 0.717) is 0 Å². The molecule has 26 heavy (non-hydrogen) atoms. The quantitative estimate of drug-likeness (QED) is 0.570. The highest BCUT2D eigenvalue weighted by atomic mass is 127. The van der Waals surface area contributed by atoms with E-state index in [1.54, 1.807) is 7.11 Å². The van der Waals surface area contributed by atoms with Gasteiger partial charge in [-0.1, -0.05) is 18.2 Å². The van der Waals surface area contributed by atoms with Crippen LogP contribution < -0.4 is 4.74 Å². The van der Waals surface area contributed by atoms with Crippen molar-refractivity contribution >= 4 is 33.5 Å². The Morgan fingerprint density at radius 2 is 1.88 bits per heavy atom. The number of aliphatic hydroxyl groups is 1. The van der Waals surface area contributed by atoms with Crippen LogP contribution in [-0.2, 0) is 12.1 Å². The minimum Gasteiger partial charge on any atom is -0.496 e. The Kier molecular flexibility index (Phi) is 4.94. The van der Waals surface area contributed by atoms with Crippen LogP contribution in [0.25, 0.3) is 10.9 Å². The van der Waals surface area contributed by atoms with Crippen LogP contribution in [0.2, 0.25) is 0 Å². The summed E-state index contributed by atoms with van der Waals surface area (Å²) in [6.45, 7) is 2.62. The van der Waals surface area contributed by atoms with E-state index in [1.807, 2.05) is 12.1 Å². The average molecular weight is 462 g/mol. The van der Waals surface area contributed by atoms with E-state index in [0.717, 1.165) is 54.7 Å². The SMILES string of the molecule is COc1cccc2[nH]cc(CN3CCC(O)(c4ccc(I)cc4)CC3)c12. The molecular formula is C21H23IN2O2. The van der Waals surface area contributed by atoms with Gasteiger partial charge in [-0.15, -0.1) is 0 Å². The van der Waals surface area contributed by atoms with Gasteiger partial charge in [0.1, 0.15) is 5.75 Å². The molecule has 0 unspecified atom stereocenters. The molecular weight excluding hydrogens is 439 g/mol. The van der Waals surface area contributed by atoms with Crippen LogP contribution in [0.3, 0.4) is 0 Å². The molecule has 0 bridgehead atoms. The number of methoxy groups -OCH3 is 1. The number of H-pyrrole nitrogens is 1. The van der Waals surface area contributed by atoms with Gasteiger partial charge in [0.2, 0.25) is 0 Å². The lowest BCUT2D eigenvalue weighted by Gasteiger charge is -2.38. The second-order valence-electron chi connectivity index (χ2n) is 7.01. The van der Waals surface area contributed by atoms with Crippen molar-refractivity contribution in [2.24, 2.45) is 0 Å². The lowest BCUT2D eigenvalue weighted by molar-refractivity contribution is -0.0276. The van der Waals surface area contributed by atoms with Crippen molar-refractivity contribution in [2.75, 3.05) is 20.2 Å². The summed E-state index contributed by atoms with van der Waals surface area (Å²) in [5.74, 6) is 0.908. The van der Waals surface area contributed by atoms with Gasteiger partial charge >= 0.3 is 0 Å². The van der Waals surface area contributed by atoms with Gasteiger partial charge in [0.05, 0.1) is 12.7 Å². The third kappa shape index (κ3) is 3.35. The van der Waals surface area contributed by atoms with Gasteiger partial charge in [-0.3, -0.25) is 4.90 Å². The van der Waals surface area contributed by atoms with Gasteiger partial charge in [0.25, 0.3) is 0 Å². The molecule has 2 N–H and O–H groups in total. The molecule has 0 radical (unpaired) electrons. The fourth-order valence-corrected chi connectivity index (χ4v) is 4.24. The third-order valence-corrected chi connectivity index (χ3v) is 6.15. The second-order valence-corrected chi connectivity index (χ2v) is 8.26. The van der Waals surface area contributed by atoms with Crippen LogP contribution in [0.4, 0.5) is 0 Å². The molecule has 0 saturated carbocycles. The maximum absolute atomic E-state index is 11.1. The summed E-state index contributed by atoms with van der Waals surface area (Å²) >= 11 is 2.30. The second kappa shape index (κ2) is 7.21. The highest BCUT2D eigenvalue weighted by molar-refractivity contribution is 14.1. The monoisotopic (exact) mass is 462 g/mol. The summed E-state index contributed by atoms with van der Waals surface area (Å²) in [5, 5.41) is 12.2. The van der Waals surface area contributed by atoms with Crippen molar-refractivity contribution in [1.29, 1.82) is 0 Å². The Hall–Kier alpha value is -1.57. The maximum Gasteiger partial charge on any atom is 0.128 e. The van der Waals surface area contributed by atoms with Gasteiger partial charge in [0, 0.05) is 40.3 Å². The number of rotatable bonds is 4. The molecule has 2 heterocycles. The highest BCUT2D eigenvalue weighted by Crippen LogP contribution is 2.35. The number of fused-ring (bicyclic) bond motifs is 1. The number of nitrogens with one attached hydrogen (secondary N) is 1. The predicted octanol–water partition coefficient (Wildman–Crippen LogP) is 4.26. The Morgan fingerprint density at radius 1 is 1.15 bits per heavy atom. The molecule has 1 aliphatic heterocycles. The molecule has 1 fully saturated rings. The van der Waals surface area contributed by atoms with E-state index < -0.39 is 5.60 Å². The van der Waals surface area contributed by atoms with Crippen molar-refractivity contribution in [2.45, 2.75) is 25.0 Å². The molecule has 0 amide bonds. The van der Waals surface area contributed by atoms with E-state index in [9.17, 15) is 5.11 Å². The van der Waals surface area contributed by atoms with Crippen molar-refractivity contribution in [1.82, 2.24) is 9.88 Å². The fraction of sp³-hybridized carbons (Fsp3) is 0.333. The number of likely N-dealkylation sites (tertiary alicyclic amines) is 1. The van der Waals surface area contributed by atoms with E-state index in [2.05, 4.69) is 69.0 Å². The van der Waals surface area contributed by atoms with E-state index >= 15 is 0 Å². The Morgan fingerprint density at radius 3 is 2.58 bits per heavy atom. The van der Waals surface area contributed by atoms with Crippen molar-refractivity contribution in [3.8, 4) is 5.75 Å². The first-order valence-electron chi connectivity index (χ1n) is 8.93. The number of ether oxygens (including phenoxy) is 1. The minimum atomic E-state index is -0.710. The molecule has 0 spiro atoms. The third-order valence-electron chi connectivity index (χ3n) is 5.43. The number of aromatic nitrogens is 1. The average Bonchev–Trinajstić information content (AvgIpc) is 3.07. The summed E-state index contributed by atoms with van der Waals surface area (Å²) in [6, 6.07) is 14.3. The van der Waals surface area contributed by atoms with Crippen molar-refractivity contribution < 1.29 is 9.84 Å². The van der Waals surface area contributed by atoms with Gasteiger partial charge < -0.3 is 14.8 Å².